The van der Waals surface area contributed by atoms with Crippen molar-refractivity contribution in [2.75, 3.05) is 19.8 Å². The van der Waals surface area contributed by atoms with Crippen LogP contribution in [0, 0.1) is 23.7 Å². The summed E-state index contributed by atoms with van der Waals surface area (Å²) >= 11 is 0. The predicted octanol–water partition coefficient (Wildman–Crippen LogP) is 3.51. The molecule has 0 spiro atoms. The molecule has 0 radical (unpaired) electrons. The molecule has 1 heterocycles. The van der Waals surface area contributed by atoms with Gasteiger partial charge in [0.05, 0.1) is 31.1 Å². The molecule has 2 N–H and O–H groups in total. The van der Waals surface area contributed by atoms with E-state index in [0.717, 1.165) is 37.7 Å². The van der Waals surface area contributed by atoms with Crippen molar-refractivity contribution in [2.24, 2.45) is 23.7 Å². The Labute approximate surface area is 215 Å². The predicted molar refractivity (Wildman–Crippen MR) is 139 cm³/mol. The average Bonchev–Trinajstić information content (AvgIpc) is 3.18. The zero-order valence-corrected chi connectivity index (χ0v) is 21.9. The lowest BCUT2D eigenvalue weighted by atomic mass is 9.69. The Balaban J connectivity index is 1.98. The molecule has 1 aromatic rings. The van der Waals surface area contributed by atoms with Crippen LogP contribution >= 0.6 is 0 Å². The molecule has 0 aromatic heterocycles. The number of allylic oxidation sites excluding steroid dienone is 1. The number of carbonyl (C=O) groups excluding carboxylic acids is 3. The first kappa shape index (κ1) is 27.9. The number of unbranched alkanes of at least 4 members (excludes halogenated alkanes) is 2. The van der Waals surface area contributed by atoms with E-state index in [2.05, 4.69) is 19.2 Å². The van der Waals surface area contributed by atoms with E-state index in [9.17, 15) is 19.5 Å². The second kappa shape index (κ2) is 13.6. The fourth-order valence-electron chi connectivity index (χ4n) is 5.84. The van der Waals surface area contributed by atoms with E-state index in [0.29, 0.717) is 13.0 Å². The lowest BCUT2D eigenvalue weighted by Crippen LogP contribution is -2.53. The number of rotatable bonds is 13. The topological polar surface area (TPSA) is 95.9 Å². The molecule has 7 nitrogen and oxygen atoms in total. The van der Waals surface area contributed by atoms with Gasteiger partial charge in [-0.2, -0.15) is 0 Å². The maximum absolute atomic E-state index is 14.1. The van der Waals surface area contributed by atoms with E-state index in [1.807, 2.05) is 42.5 Å². The van der Waals surface area contributed by atoms with Crippen molar-refractivity contribution >= 4 is 17.8 Å². The quantitative estimate of drug-likeness (QED) is 0.247. The molecular weight excluding hydrogens is 456 g/mol. The maximum Gasteiger partial charge on any atom is 0.310 e. The molecule has 0 saturated carbocycles. The molecule has 3 rings (SSSR count). The molecule has 1 saturated heterocycles. The number of nitrogens with one attached hydrogen (secondary N) is 1. The van der Waals surface area contributed by atoms with Crippen molar-refractivity contribution in [3.63, 3.8) is 0 Å². The van der Waals surface area contributed by atoms with E-state index in [4.69, 9.17) is 4.74 Å². The molecule has 0 bridgehead atoms. The first-order chi connectivity index (χ1) is 17.5. The van der Waals surface area contributed by atoms with Gasteiger partial charge in [-0.3, -0.25) is 14.4 Å². The normalized spacial score (nSPS) is 25.9. The number of likely N-dealkylation sites (tertiary alicyclic amines) is 1. The van der Waals surface area contributed by atoms with Gasteiger partial charge >= 0.3 is 5.97 Å². The third-order valence-corrected chi connectivity index (χ3v) is 7.49. The monoisotopic (exact) mass is 498 g/mol. The van der Waals surface area contributed by atoms with Crippen molar-refractivity contribution in [1.29, 1.82) is 0 Å². The summed E-state index contributed by atoms with van der Waals surface area (Å²) in [6, 6.07) is 8.31. The number of ether oxygens (including phenoxy) is 1. The van der Waals surface area contributed by atoms with Crippen LogP contribution < -0.4 is 5.32 Å². The number of hydrogen-bond acceptors (Lipinski definition) is 5. The van der Waals surface area contributed by atoms with Crippen LogP contribution in [0.4, 0.5) is 0 Å². The smallest absolute Gasteiger partial charge is 0.310 e. The SMILES string of the molecule is CCCCCNC(=O)[C@@H]1[C@H]2C=C[C@@H](CCC)[C@@H](C(=O)OCC)[C@@H]2C(=O)N1[C@@H](CO)Cc1ccccc1. The highest BCUT2D eigenvalue weighted by molar-refractivity contribution is 5.96. The summed E-state index contributed by atoms with van der Waals surface area (Å²) in [6.07, 6.45) is 8.94. The molecule has 2 amide bonds. The van der Waals surface area contributed by atoms with Gasteiger partial charge in [-0.15, -0.1) is 0 Å². The Hall–Kier alpha value is -2.67. The number of benzene rings is 1. The van der Waals surface area contributed by atoms with Crippen LogP contribution in [0.1, 0.15) is 58.4 Å². The molecule has 198 valence electrons. The Morgan fingerprint density at radius 2 is 1.83 bits per heavy atom. The summed E-state index contributed by atoms with van der Waals surface area (Å²) in [5.74, 6) is -2.72. The first-order valence-electron chi connectivity index (χ1n) is 13.6. The Morgan fingerprint density at radius 1 is 1.08 bits per heavy atom. The standard InChI is InChI=1S/C29H42N2O5/c1-4-7-11-17-30-27(33)26-23-16-15-21(12-5-2)24(29(35)36-6-3)25(23)28(34)31(26)22(19-32)18-20-13-9-8-10-14-20/h8-10,13-16,21-26,32H,4-7,11-12,17-19H2,1-3H3,(H,30,33)/t21-,22-,23+,24-,25-,26+/m1/s1. The number of carbonyl (C=O) groups is 3. The molecular formula is C29H42N2O5. The van der Waals surface area contributed by atoms with Gasteiger partial charge in [-0.25, -0.2) is 0 Å². The number of fused-ring (bicyclic) bond motifs is 1. The van der Waals surface area contributed by atoms with E-state index in [1.54, 1.807) is 11.8 Å². The molecule has 0 unspecified atom stereocenters. The zero-order valence-electron chi connectivity index (χ0n) is 21.9. The second-order valence-corrected chi connectivity index (χ2v) is 9.93. The maximum atomic E-state index is 14.1. The van der Waals surface area contributed by atoms with Crippen LogP contribution in [0.2, 0.25) is 0 Å². The molecule has 1 aliphatic carbocycles. The van der Waals surface area contributed by atoms with Crippen molar-refractivity contribution in [3.8, 4) is 0 Å². The van der Waals surface area contributed by atoms with Crippen LogP contribution in [0.25, 0.3) is 0 Å². The van der Waals surface area contributed by atoms with Crippen LogP contribution in [-0.4, -0.2) is 59.6 Å². The number of aliphatic hydroxyl groups is 1. The first-order valence-corrected chi connectivity index (χ1v) is 13.6. The minimum atomic E-state index is -0.777. The summed E-state index contributed by atoms with van der Waals surface area (Å²) in [7, 11) is 0. The van der Waals surface area contributed by atoms with Gasteiger partial charge in [0.15, 0.2) is 0 Å². The number of amides is 2. The number of hydrogen-bond donors (Lipinski definition) is 2. The average molecular weight is 499 g/mol. The largest absolute Gasteiger partial charge is 0.466 e. The highest BCUT2D eigenvalue weighted by Gasteiger charge is 2.58. The van der Waals surface area contributed by atoms with Gasteiger partial charge in [0, 0.05) is 12.5 Å². The molecule has 1 fully saturated rings. The third kappa shape index (κ3) is 6.17. The summed E-state index contributed by atoms with van der Waals surface area (Å²) in [6.45, 7) is 6.43. The number of esters is 1. The van der Waals surface area contributed by atoms with Crippen molar-refractivity contribution in [1.82, 2.24) is 10.2 Å². The van der Waals surface area contributed by atoms with Gasteiger partial charge in [0.25, 0.3) is 0 Å². The summed E-state index contributed by atoms with van der Waals surface area (Å²) in [5.41, 5.74) is 0.975. The molecule has 2 aliphatic rings. The lowest BCUT2D eigenvalue weighted by molar-refractivity contribution is -0.156. The van der Waals surface area contributed by atoms with E-state index < -0.39 is 29.8 Å². The molecule has 1 aromatic carbocycles. The lowest BCUT2D eigenvalue weighted by Gasteiger charge is -2.34. The van der Waals surface area contributed by atoms with Crippen molar-refractivity contribution in [2.45, 2.75) is 71.4 Å². The Kier molecular flexibility index (Phi) is 10.5. The molecule has 1 aliphatic heterocycles. The van der Waals surface area contributed by atoms with Gasteiger partial charge in [-0.1, -0.05) is 75.6 Å². The van der Waals surface area contributed by atoms with Crippen LogP contribution in [0.5, 0.6) is 0 Å². The zero-order chi connectivity index (χ0) is 26.1. The molecule has 7 heteroatoms. The van der Waals surface area contributed by atoms with E-state index in [-0.39, 0.29) is 36.9 Å². The van der Waals surface area contributed by atoms with Gasteiger partial charge in [-0.05, 0) is 37.7 Å². The van der Waals surface area contributed by atoms with Crippen molar-refractivity contribution < 1.29 is 24.2 Å². The van der Waals surface area contributed by atoms with Crippen LogP contribution in [0.3, 0.4) is 0 Å². The van der Waals surface area contributed by atoms with Crippen molar-refractivity contribution in [3.05, 3.63) is 48.0 Å². The van der Waals surface area contributed by atoms with E-state index >= 15 is 0 Å². The summed E-state index contributed by atoms with van der Waals surface area (Å²) < 4.78 is 5.43. The number of nitrogens with zero attached hydrogens (tertiary/aromatic N) is 1. The van der Waals surface area contributed by atoms with Crippen LogP contribution in [-0.2, 0) is 25.5 Å². The summed E-state index contributed by atoms with van der Waals surface area (Å²) in [4.78, 5) is 42.4. The summed E-state index contributed by atoms with van der Waals surface area (Å²) in [5, 5.41) is 13.4. The Morgan fingerprint density at radius 3 is 2.47 bits per heavy atom. The number of aliphatic hydroxyl groups excluding tert-OH is 1. The van der Waals surface area contributed by atoms with E-state index in [1.165, 1.54) is 0 Å². The van der Waals surface area contributed by atoms with Gasteiger partial charge in [0.2, 0.25) is 11.8 Å². The molecule has 6 atom stereocenters. The third-order valence-electron chi connectivity index (χ3n) is 7.49. The Bertz CT molecular complexity index is 902. The minimum Gasteiger partial charge on any atom is -0.466 e. The second-order valence-electron chi connectivity index (χ2n) is 9.93. The van der Waals surface area contributed by atoms with Gasteiger partial charge < -0.3 is 20.1 Å². The minimum absolute atomic E-state index is 0.117. The molecule has 36 heavy (non-hydrogen) atoms. The fraction of sp³-hybridized carbons (Fsp3) is 0.621. The van der Waals surface area contributed by atoms with Crippen LogP contribution in [0.15, 0.2) is 42.5 Å². The van der Waals surface area contributed by atoms with Gasteiger partial charge in [0.1, 0.15) is 6.04 Å². The highest BCUT2D eigenvalue weighted by atomic mass is 16.5. The highest BCUT2D eigenvalue weighted by Crippen LogP contribution is 2.46. The fourth-order valence-corrected chi connectivity index (χ4v) is 5.84.